The topological polar surface area (TPSA) is 78.2 Å². The van der Waals surface area contributed by atoms with Crippen molar-refractivity contribution in [2.75, 3.05) is 13.7 Å². The molecule has 1 aromatic carbocycles. The minimum Gasteiger partial charge on any atom is 0 e. The molecular weight excluding hydrogens is 360 g/mol. The van der Waals surface area contributed by atoms with Crippen LogP contribution in [0.4, 0.5) is 0 Å². The molecule has 0 spiro atoms. The van der Waals surface area contributed by atoms with Crippen molar-refractivity contribution in [3.8, 4) is 5.75 Å². The Morgan fingerprint density at radius 3 is 2.17 bits per heavy atom. The predicted octanol–water partition coefficient (Wildman–Crippen LogP) is 3.29. The molecule has 1 aliphatic rings. The van der Waals surface area contributed by atoms with Gasteiger partial charge in [-0.3, -0.25) is 0 Å². The molecule has 2 rings (SSSR count). The molecule has 1 aliphatic heterocycles. The predicted molar refractivity (Wildman–Crippen MR) is 76.9 cm³/mol. The SMILES string of the molecule is COc1ccccc1[C@@H]1OCC[C@H](Cl)[C@H]1C.[C-]#[O+].[C-]#[O+].[C-]#[O+].[Cr]. The van der Waals surface area contributed by atoms with Gasteiger partial charge >= 0.3 is 33.9 Å². The summed E-state index contributed by atoms with van der Waals surface area (Å²) in [6, 6.07) is 7.98. The average Bonchev–Trinajstić information content (AvgIpc) is 2.62. The molecule has 0 aromatic heterocycles. The van der Waals surface area contributed by atoms with E-state index in [0.717, 1.165) is 24.3 Å². The molecule has 1 saturated heterocycles. The first kappa shape index (κ1) is 26.9. The van der Waals surface area contributed by atoms with Gasteiger partial charge in [0.2, 0.25) is 0 Å². The Morgan fingerprint density at radius 2 is 1.65 bits per heavy atom. The molecule has 1 fully saturated rings. The molecule has 0 radical (unpaired) electrons. The first-order chi connectivity index (χ1) is 10.7. The van der Waals surface area contributed by atoms with Crippen LogP contribution in [-0.2, 0) is 36.1 Å². The number of ether oxygens (including phenoxy) is 2. The number of para-hydroxylation sites is 1. The van der Waals surface area contributed by atoms with Crippen LogP contribution < -0.4 is 4.74 Å². The fourth-order valence-corrected chi connectivity index (χ4v) is 2.41. The van der Waals surface area contributed by atoms with Gasteiger partial charge in [0.1, 0.15) is 5.75 Å². The van der Waals surface area contributed by atoms with Gasteiger partial charge < -0.3 is 9.47 Å². The van der Waals surface area contributed by atoms with E-state index < -0.39 is 0 Å². The van der Waals surface area contributed by atoms with Gasteiger partial charge in [0, 0.05) is 40.8 Å². The van der Waals surface area contributed by atoms with Gasteiger partial charge in [-0.1, -0.05) is 25.1 Å². The zero-order chi connectivity index (χ0) is 17.5. The molecule has 5 nitrogen and oxygen atoms in total. The third-order valence-electron chi connectivity index (χ3n) is 3.18. The monoisotopic (exact) mass is 376 g/mol. The second-order valence-electron chi connectivity index (χ2n) is 4.20. The summed E-state index contributed by atoms with van der Waals surface area (Å²) in [4.78, 5) is 0. The average molecular weight is 377 g/mol. The van der Waals surface area contributed by atoms with Gasteiger partial charge in [0.15, 0.2) is 0 Å². The molecular formula is C16H17ClCrO5. The maximum absolute atomic E-state index is 7.50. The Labute approximate surface area is 152 Å². The van der Waals surface area contributed by atoms with E-state index in [-0.39, 0.29) is 28.8 Å². The maximum atomic E-state index is 7.50. The van der Waals surface area contributed by atoms with E-state index in [1.807, 2.05) is 18.2 Å². The number of hydrogen-bond donors (Lipinski definition) is 0. The fourth-order valence-electron chi connectivity index (χ4n) is 2.19. The Bertz CT molecular complexity index is 461. The Morgan fingerprint density at radius 1 is 1.13 bits per heavy atom. The normalized spacial score (nSPS) is 21.2. The minimum atomic E-state index is 0. The van der Waals surface area contributed by atoms with Crippen LogP contribution in [0.25, 0.3) is 0 Å². The molecule has 1 heterocycles. The minimum absolute atomic E-state index is 0. The van der Waals surface area contributed by atoms with Crippen LogP contribution in [0, 0.1) is 25.9 Å². The number of methoxy groups -OCH3 is 1. The van der Waals surface area contributed by atoms with Crippen LogP contribution in [0.5, 0.6) is 5.75 Å². The second-order valence-corrected chi connectivity index (χ2v) is 4.76. The summed E-state index contributed by atoms with van der Waals surface area (Å²) in [5, 5.41) is 0.184. The number of rotatable bonds is 2. The van der Waals surface area contributed by atoms with E-state index in [9.17, 15) is 0 Å². The van der Waals surface area contributed by atoms with Crippen LogP contribution in [0.15, 0.2) is 24.3 Å². The van der Waals surface area contributed by atoms with Gasteiger partial charge in [0.25, 0.3) is 0 Å². The molecule has 1 aromatic rings. The summed E-state index contributed by atoms with van der Waals surface area (Å²) in [6.07, 6.45) is 0.973. The molecule has 0 aliphatic carbocycles. The van der Waals surface area contributed by atoms with Crippen molar-refractivity contribution in [3.63, 3.8) is 0 Å². The molecule has 3 atom stereocenters. The molecule has 7 heteroatoms. The fraction of sp³-hybridized carbons (Fsp3) is 0.438. The van der Waals surface area contributed by atoms with Crippen molar-refractivity contribution >= 4 is 11.6 Å². The van der Waals surface area contributed by atoms with E-state index in [4.69, 9.17) is 35.0 Å². The zero-order valence-corrected chi connectivity index (χ0v) is 14.8. The van der Waals surface area contributed by atoms with Crippen molar-refractivity contribution in [2.24, 2.45) is 5.92 Å². The van der Waals surface area contributed by atoms with E-state index >= 15 is 0 Å². The van der Waals surface area contributed by atoms with Gasteiger partial charge in [-0.15, -0.1) is 11.6 Å². The summed E-state index contributed by atoms with van der Waals surface area (Å²) in [5.74, 6) is 1.19. The van der Waals surface area contributed by atoms with Crippen molar-refractivity contribution in [2.45, 2.75) is 24.8 Å². The first-order valence-corrected chi connectivity index (χ1v) is 6.67. The van der Waals surface area contributed by atoms with E-state index in [1.165, 1.54) is 0 Å². The summed E-state index contributed by atoms with van der Waals surface area (Å²) in [5.41, 5.74) is 1.10. The smallest absolute Gasteiger partial charge is 0 e. The Hall–Kier alpha value is -0.978. The summed E-state index contributed by atoms with van der Waals surface area (Å²) in [6.45, 7) is 16.4. The van der Waals surface area contributed by atoms with E-state index in [0.29, 0.717) is 5.92 Å². The Kier molecular flexibility index (Phi) is 20.3. The maximum Gasteiger partial charge on any atom is 0 e. The molecule has 23 heavy (non-hydrogen) atoms. The number of benzene rings is 1. The first-order valence-electron chi connectivity index (χ1n) is 6.24. The molecule has 0 N–H and O–H groups in total. The molecule has 0 unspecified atom stereocenters. The molecule has 0 amide bonds. The summed E-state index contributed by atoms with van der Waals surface area (Å²) >= 11 is 6.29. The van der Waals surface area contributed by atoms with Crippen LogP contribution >= 0.6 is 11.6 Å². The van der Waals surface area contributed by atoms with Gasteiger partial charge in [0.05, 0.1) is 13.2 Å². The quantitative estimate of drug-likeness (QED) is 0.451. The number of alkyl halides is 1. The van der Waals surface area contributed by atoms with Crippen LogP contribution in [0.2, 0.25) is 0 Å². The zero-order valence-electron chi connectivity index (χ0n) is 12.8. The van der Waals surface area contributed by atoms with Gasteiger partial charge in [-0.05, 0) is 12.5 Å². The second kappa shape index (κ2) is 17.4. The van der Waals surface area contributed by atoms with Crippen LogP contribution in [0.3, 0.4) is 0 Å². The van der Waals surface area contributed by atoms with Crippen LogP contribution in [-0.4, -0.2) is 19.1 Å². The van der Waals surface area contributed by atoms with E-state index in [2.05, 4.69) is 32.9 Å². The number of halogens is 1. The Balaban J connectivity index is -0.000000514. The van der Waals surface area contributed by atoms with E-state index in [1.54, 1.807) is 7.11 Å². The molecule has 124 valence electrons. The van der Waals surface area contributed by atoms with Gasteiger partial charge in [-0.2, -0.15) is 0 Å². The largest absolute Gasteiger partial charge is 0 e. The standard InChI is InChI=1S/C13H17ClO2.3CO.Cr/c1-9-11(14)7-8-16-13(9)10-5-3-4-6-12(10)15-2;3*1-2;/h3-6,9,11,13H,7-8H2,1-2H3;;;;/t9-,11+,13-;;;;/m1..../s1. The van der Waals surface area contributed by atoms with Gasteiger partial charge in [-0.25, -0.2) is 0 Å². The number of hydrogen-bond acceptors (Lipinski definition) is 2. The third-order valence-corrected chi connectivity index (χ3v) is 3.80. The van der Waals surface area contributed by atoms with Crippen molar-refractivity contribution < 1.29 is 40.8 Å². The van der Waals surface area contributed by atoms with Crippen molar-refractivity contribution in [3.05, 3.63) is 49.8 Å². The molecule has 0 bridgehead atoms. The van der Waals surface area contributed by atoms with Crippen molar-refractivity contribution in [1.29, 1.82) is 0 Å². The third kappa shape index (κ3) is 8.44. The van der Waals surface area contributed by atoms with Crippen molar-refractivity contribution in [1.82, 2.24) is 0 Å². The summed E-state index contributed by atoms with van der Waals surface area (Å²) < 4.78 is 33.7. The van der Waals surface area contributed by atoms with Crippen LogP contribution in [0.1, 0.15) is 25.0 Å². The molecule has 0 saturated carbocycles. The summed E-state index contributed by atoms with van der Waals surface area (Å²) in [7, 11) is 1.69.